The van der Waals surface area contributed by atoms with Crippen molar-refractivity contribution in [3.8, 4) is 0 Å². The van der Waals surface area contributed by atoms with Gasteiger partial charge in [-0.2, -0.15) is 0 Å². The Balaban J connectivity index is 3.06. The van der Waals surface area contributed by atoms with Crippen LogP contribution in [0.3, 0.4) is 0 Å². The second-order valence-electron chi connectivity index (χ2n) is 2.47. The molecule has 0 rings (SSSR count). The van der Waals surface area contributed by atoms with Crippen LogP contribution in [-0.4, -0.2) is 29.0 Å². The van der Waals surface area contributed by atoms with Gasteiger partial charge in [-0.3, -0.25) is 0 Å². The highest BCUT2D eigenvalue weighted by Crippen LogP contribution is 2.03. The summed E-state index contributed by atoms with van der Waals surface area (Å²) in [7, 11) is 2.17. The summed E-state index contributed by atoms with van der Waals surface area (Å²) in [6.45, 7) is 6.85. The normalized spacial score (nSPS) is 14.3. The van der Waals surface area contributed by atoms with Gasteiger partial charge in [0.2, 0.25) is 0 Å². The van der Waals surface area contributed by atoms with Crippen molar-refractivity contribution in [3.63, 3.8) is 0 Å². The Kier molecular flexibility index (Phi) is 5.89. The van der Waals surface area contributed by atoms with Crippen LogP contribution in [0.1, 0.15) is 20.3 Å². The number of nitrogens with zero attached hydrogens (tertiary/aromatic N) is 1. The van der Waals surface area contributed by atoms with Gasteiger partial charge in [-0.1, -0.05) is 36.4 Å². The van der Waals surface area contributed by atoms with E-state index in [9.17, 15) is 0 Å². The summed E-state index contributed by atoms with van der Waals surface area (Å²) in [5.41, 5.74) is 0. The molecule has 0 saturated heterocycles. The molecule has 56 valence electrons. The lowest BCUT2D eigenvalue weighted by Crippen LogP contribution is -2.20. The van der Waals surface area contributed by atoms with E-state index in [-0.39, 0.29) is 0 Å². The van der Waals surface area contributed by atoms with Gasteiger partial charge in [0.25, 0.3) is 0 Å². The molecular formula is C7H16IN. The SMILES string of the molecule is CCN(C)CCC(C)I. The minimum atomic E-state index is 0.816. The molecule has 0 aliphatic carbocycles. The van der Waals surface area contributed by atoms with E-state index in [0.29, 0.717) is 0 Å². The van der Waals surface area contributed by atoms with E-state index in [2.05, 4.69) is 48.4 Å². The minimum absolute atomic E-state index is 0.816. The minimum Gasteiger partial charge on any atom is -0.307 e. The fraction of sp³-hybridized carbons (Fsp3) is 1.00. The van der Waals surface area contributed by atoms with E-state index < -0.39 is 0 Å². The second kappa shape index (κ2) is 5.47. The van der Waals surface area contributed by atoms with E-state index in [1.807, 2.05) is 0 Å². The van der Waals surface area contributed by atoms with Crippen LogP contribution in [0, 0.1) is 0 Å². The van der Waals surface area contributed by atoms with Gasteiger partial charge in [-0.05, 0) is 26.6 Å². The highest BCUT2D eigenvalue weighted by Gasteiger charge is 1.97. The lowest BCUT2D eigenvalue weighted by atomic mass is 10.3. The van der Waals surface area contributed by atoms with Gasteiger partial charge in [0.15, 0.2) is 0 Å². The molecule has 0 aliphatic rings. The number of hydrogen-bond donors (Lipinski definition) is 0. The van der Waals surface area contributed by atoms with Crippen LogP contribution in [0.25, 0.3) is 0 Å². The van der Waals surface area contributed by atoms with Gasteiger partial charge in [0, 0.05) is 3.92 Å². The molecule has 0 bridgehead atoms. The van der Waals surface area contributed by atoms with E-state index in [1.165, 1.54) is 19.5 Å². The third kappa shape index (κ3) is 6.58. The first-order chi connectivity index (χ1) is 4.16. The molecule has 0 radical (unpaired) electrons. The van der Waals surface area contributed by atoms with Crippen molar-refractivity contribution in [2.75, 3.05) is 20.1 Å². The van der Waals surface area contributed by atoms with Crippen molar-refractivity contribution in [1.29, 1.82) is 0 Å². The van der Waals surface area contributed by atoms with Gasteiger partial charge >= 0.3 is 0 Å². The maximum absolute atomic E-state index is 2.47. The first kappa shape index (κ1) is 9.69. The average Bonchev–Trinajstić information content (AvgIpc) is 1.83. The molecule has 1 atom stereocenters. The molecule has 0 N–H and O–H groups in total. The highest BCUT2D eigenvalue weighted by molar-refractivity contribution is 14.1. The van der Waals surface area contributed by atoms with Crippen molar-refractivity contribution in [2.24, 2.45) is 0 Å². The summed E-state index contributed by atoms with van der Waals surface area (Å²) >= 11 is 2.47. The third-order valence-corrected chi connectivity index (χ3v) is 2.07. The quantitative estimate of drug-likeness (QED) is 0.538. The van der Waals surface area contributed by atoms with Gasteiger partial charge in [-0.15, -0.1) is 0 Å². The summed E-state index contributed by atoms with van der Waals surface area (Å²) in [6.07, 6.45) is 1.31. The monoisotopic (exact) mass is 241 g/mol. The van der Waals surface area contributed by atoms with E-state index in [0.717, 1.165) is 3.92 Å². The standard InChI is InChI=1S/C7H16IN/c1-4-9(3)6-5-7(2)8/h7H,4-6H2,1-3H3. The van der Waals surface area contributed by atoms with Crippen molar-refractivity contribution in [2.45, 2.75) is 24.2 Å². The van der Waals surface area contributed by atoms with Gasteiger partial charge in [-0.25, -0.2) is 0 Å². The molecule has 0 fully saturated rings. The summed E-state index contributed by atoms with van der Waals surface area (Å²) in [5, 5.41) is 0. The fourth-order valence-electron chi connectivity index (χ4n) is 0.556. The van der Waals surface area contributed by atoms with Crippen LogP contribution in [0.2, 0.25) is 0 Å². The third-order valence-electron chi connectivity index (χ3n) is 1.45. The van der Waals surface area contributed by atoms with Crippen LogP contribution >= 0.6 is 22.6 Å². The molecule has 0 heterocycles. The molecule has 0 spiro atoms. The zero-order valence-corrected chi connectivity index (χ0v) is 8.68. The zero-order chi connectivity index (χ0) is 7.28. The van der Waals surface area contributed by atoms with Crippen molar-refractivity contribution in [3.05, 3.63) is 0 Å². The average molecular weight is 241 g/mol. The highest BCUT2D eigenvalue weighted by atomic mass is 127. The fourth-order valence-corrected chi connectivity index (χ4v) is 0.835. The molecule has 1 nitrogen and oxygen atoms in total. The maximum atomic E-state index is 2.47. The Morgan fingerprint density at radius 2 is 2.11 bits per heavy atom. The van der Waals surface area contributed by atoms with E-state index >= 15 is 0 Å². The Morgan fingerprint density at radius 1 is 1.56 bits per heavy atom. The Morgan fingerprint density at radius 3 is 2.44 bits per heavy atom. The van der Waals surface area contributed by atoms with Gasteiger partial charge in [0.05, 0.1) is 0 Å². The summed E-state index contributed by atoms with van der Waals surface area (Å²) in [5.74, 6) is 0. The molecule has 0 aliphatic heterocycles. The molecule has 0 aromatic rings. The Bertz CT molecular complexity index is 63.9. The number of hydrogen-bond acceptors (Lipinski definition) is 1. The molecular weight excluding hydrogens is 225 g/mol. The summed E-state index contributed by atoms with van der Waals surface area (Å²) in [4.78, 5) is 2.34. The molecule has 1 unspecified atom stereocenters. The topological polar surface area (TPSA) is 3.24 Å². The van der Waals surface area contributed by atoms with Crippen LogP contribution in [0.15, 0.2) is 0 Å². The smallest absolute Gasteiger partial charge is 0.00934 e. The molecule has 0 amide bonds. The lowest BCUT2D eigenvalue weighted by molar-refractivity contribution is 0.349. The Hall–Kier alpha value is 0.690. The van der Waals surface area contributed by atoms with Crippen LogP contribution in [0.5, 0.6) is 0 Å². The molecule has 2 heteroatoms. The van der Waals surface area contributed by atoms with Gasteiger partial charge < -0.3 is 4.90 Å². The largest absolute Gasteiger partial charge is 0.307 e. The van der Waals surface area contributed by atoms with Crippen LogP contribution in [0.4, 0.5) is 0 Å². The molecule has 0 saturated carbocycles. The first-order valence-corrected chi connectivity index (χ1v) is 4.74. The number of rotatable bonds is 4. The van der Waals surface area contributed by atoms with Crippen molar-refractivity contribution >= 4 is 22.6 Å². The van der Waals surface area contributed by atoms with Gasteiger partial charge in [0.1, 0.15) is 0 Å². The van der Waals surface area contributed by atoms with Crippen molar-refractivity contribution < 1.29 is 0 Å². The zero-order valence-electron chi connectivity index (χ0n) is 6.52. The maximum Gasteiger partial charge on any atom is 0.00934 e. The van der Waals surface area contributed by atoms with E-state index in [1.54, 1.807) is 0 Å². The predicted octanol–water partition coefficient (Wildman–Crippen LogP) is 2.15. The summed E-state index contributed by atoms with van der Waals surface area (Å²) < 4.78 is 0.816. The predicted molar refractivity (Wildman–Crippen MR) is 51.3 cm³/mol. The molecule has 9 heavy (non-hydrogen) atoms. The van der Waals surface area contributed by atoms with Crippen molar-refractivity contribution in [1.82, 2.24) is 4.90 Å². The number of alkyl halides is 1. The Labute approximate surface area is 72.0 Å². The van der Waals surface area contributed by atoms with E-state index in [4.69, 9.17) is 0 Å². The van der Waals surface area contributed by atoms with Crippen LogP contribution in [-0.2, 0) is 0 Å². The second-order valence-corrected chi connectivity index (χ2v) is 4.59. The molecule has 0 aromatic carbocycles. The first-order valence-electron chi connectivity index (χ1n) is 3.49. The summed E-state index contributed by atoms with van der Waals surface area (Å²) in [6, 6.07) is 0. The number of halogens is 1. The van der Waals surface area contributed by atoms with Crippen LogP contribution < -0.4 is 0 Å². The lowest BCUT2D eigenvalue weighted by Gasteiger charge is -2.13. The molecule has 0 aromatic heterocycles.